The molecule has 1 aromatic carbocycles. The lowest BCUT2D eigenvalue weighted by molar-refractivity contribution is 0.698. The minimum Gasteiger partial charge on any atom is -0.317 e. The van der Waals surface area contributed by atoms with Gasteiger partial charge in [-0.15, -0.1) is 0 Å². The number of nitrogens with zero attached hydrogens (tertiary/aromatic N) is 1. The molecule has 0 spiro atoms. The molecule has 3 heteroatoms. The number of benzene rings is 1. The van der Waals surface area contributed by atoms with Gasteiger partial charge in [-0.2, -0.15) is 5.26 Å². The van der Waals surface area contributed by atoms with E-state index in [1.54, 1.807) is 0 Å². The Labute approximate surface area is 76.8 Å². The molecule has 1 unspecified atom stereocenters. The number of hydrogen-bond acceptors (Lipinski definition) is 2. The van der Waals surface area contributed by atoms with Crippen LogP contribution in [0.4, 0.5) is 0 Å². The maximum Gasteiger partial charge on any atom is 0.177 e. The molecule has 2 nitrogen and oxygen atoms in total. The van der Waals surface area contributed by atoms with E-state index >= 15 is 0 Å². The molecule has 0 radical (unpaired) electrons. The van der Waals surface area contributed by atoms with Crippen LogP contribution in [0, 0.1) is 11.5 Å². The summed E-state index contributed by atoms with van der Waals surface area (Å²) in [7, 11) is 0. The predicted molar refractivity (Wildman–Crippen MR) is 48.6 cm³/mol. The Bertz CT molecular complexity index is 304. The van der Waals surface area contributed by atoms with Crippen molar-refractivity contribution in [3.8, 4) is 6.19 Å². The lowest BCUT2D eigenvalue weighted by atomic mass is 10.1. The molecule has 0 saturated heterocycles. The topological polar surface area (TPSA) is 35.8 Å². The number of nitriles is 1. The van der Waals surface area contributed by atoms with Crippen molar-refractivity contribution in [1.82, 2.24) is 5.32 Å². The monoisotopic (exact) mass is 180 g/mol. The number of halogens is 1. The summed E-state index contributed by atoms with van der Waals surface area (Å²) in [6.07, 6.45) is 1.88. The van der Waals surface area contributed by atoms with Crippen LogP contribution >= 0.6 is 11.6 Å². The van der Waals surface area contributed by atoms with Crippen molar-refractivity contribution in [2.75, 3.05) is 0 Å². The average molecular weight is 181 g/mol. The zero-order valence-corrected chi connectivity index (χ0v) is 7.47. The Hall–Kier alpha value is -1.20. The average Bonchev–Trinajstić information content (AvgIpc) is 2.05. The molecule has 62 valence electrons. The van der Waals surface area contributed by atoms with Crippen LogP contribution in [0.3, 0.4) is 0 Å². The second-order valence-corrected chi connectivity index (χ2v) is 2.91. The van der Waals surface area contributed by atoms with Crippen LogP contribution < -0.4 is 5.32 Å². The Morgan fingerprint density at radius 3 is 2.75 bits per heavy atom. The molecule has 0 aliphatic rings. The highest BCUT2D eigenvalue weighted by atomic mass is 35.5. The Kier molecular flexibility index (Phi) is 2.95. The van der Waals surface area contributed by atoms with Gasteiger partial charge in [0.1, 0.15) is 0 Å². The highest BCUT2D eigenvalue weighted by Gasteiger charge is 2.06. The molecular formula is C9H9ClN2. The second kappa shape index (κ2) is 3.99. The maximum absolute atomic E-state index is 8.38. The van der Waals surface area contributed by atoms with Crippen molar-refractivity contribution < 1.29 is 0 Å². The standard InChI is InChI=1S/C9H9ClN2/c1-7(12-6-11)8-4-2-3-5-9(8)10/h2-5,7,12H,1H3. The smallest absolute Gasteiger partial charge is 0.177 e. The van der Waals surface area contributed by atoms with Crippen molar-refractivity contribution in [1.29, 1.82) is 5.26 Å². The van der Waals surface area contributed by atoms with Crippen LogP contribution in [-0.4, -0.2) is 0 Å². The molecule has 0 saturated carbocycles. The third-order valence-corrected chi connectivity index (χ3v) is 2.00. The van der Waals surface area contributed by atoms with Gasteiger partial charge in [-0.3, -0.25) is 0 Å². The van der Waals surface area contributed by atoms with Gasteiger partial charge in [-0.25, -0.2) is 0 Å². The zero-order valence-electron chi connectivity index (χ0n) is 6.71. The number of nitrogens with one attached hydrogen (secondary N) is 1. The maximum atomic E-state index is 8.38. The van der Waals surface area contributed by atoms with Crippen LogP contribution in [0.25, 0.3) is 0 Å². The third kappa shape index (κ3) is 1.90. The Morgan fingerprint density at radius 2 is 2.17 bits per heavy atom. The molecule has 0 aliphatic carbocycles. The fourth-order valence-corrected chi connectivity index (χ4v) is 1.30. The van der Waals surface area contributed by atoms with E-state index in [1.807, 2.05) is 37.4 Å². The molecule has 0 heterocycles. The van der Waals surface area contributed by atoms with Crippen LogP contribution in [0.5, 0.6) is 0 Å². The normalized spacial score (nSPS) is 11.8. The summed E-state index contributed by atoms with van der Waals surface area (Å²) in [5, 5.41) is 11.7. The summed E-state index contributed by atoms with van der Waals surface area (Å²) in [4.78, 5) is 0. The van der Waals surface area contributed by atoms with Crippen molar-refractivity contribution in [2.45, 2.75) is 13.0 Å². The van der Waals surface area contributed by atoms with Gasteiger partial charge in [-0.1, -0.05) is 29.8 Å². The highest BCUT2D eigenvalue weighted by molar-refractivity contribution is 6.31. The molecule has 1 N–H and O–H groups in total. The Balaban J connectivity index is 2.88. The van der Waals surface area contributed by atoms with Gasteiger partial charge in [-0.05, 0) is 18.6 Å². The van der Waals surface area contributed by atoms with E-state index < -0.39 is 0 Å². The fourth-order valence-electron chi connectivity index (χ4n) is 1.00. The van der Waals surface area contributed by atoms with Gasteiger partial charge >= 0.3 is 0 Å². The Morgan fingerprint density at radius 1 is 1.50 bits per heavy atom. The zero-order chi connectivity index (χ0) is 8.97. The van der Waals surface area contributed by atoms with Crippen molar-refractivity contribution in [3.63, 3.8) is 0 Å². The minimum absolute atomic E-state index is 0.0244. The molecule has 1 atom stereocenters. The minimum atomic E-state index is -0.0244. The summed E-state index contributed by atoms with van der Waals surface area (Å²) < 4.78 is 0. The largest absolute Gasteiger partial charge is 0.317 e. The predicted octanol–water partition coefficient (Wildman–Crippen LogP) is 2.47. The molecule has 1 rings (SSSR count). The molecule has 1 aromatic rings. The van der Waals surface area contributed by atoms with Crippen LogP contribution in [0.15, 0.2) is 24.3 Å². The van der Waals surface area contributed by atoms with E-state index in [2.05, 4.69) is 5.32 Å². The summed E-state index contributed by atoms with van der Waals surface area (Å²) in [6.45, 7) is 1.89. The van der Waals surface area contributed by atoms with Gasteiger partial charge < -0.3 is 5.32 Å². The summed E-state index contributed by atoms with van der Waals surface area (Å²) in [6, 6.07) is 7.45. The summed E-state index contributed by atoms with van der Waals surface area (Å²) in [5.41, 5.74) is 0.945. The van der Waals surface area contributed by atoms with Crippen molar-refractivity contribution in [3.05, 3.63) is 34.9 Å². The van der Waals surface area contributed by atoms with E-state index in [-0.39, 0.29) is 6.04 Å². The lowest BCUT2D eigenvalue weighted by Gasteiger charge is -2.10. The molecule has 0 amide bonds. The van der Waals surface area contributed by atoms with Gasteiger partial charge in [0.05, 0.1) is 6.04 Å². The van der Waals surface area contributed by atoms with Gasteiger partial charge in [0.15, 0.2) is 6.19 Å². The van der Waals surface area contributed by atoms with Crippen LogP contribution in [-0.2, 0) is 0 Å². The number of hydrogen-bond donors (Lipinski definition) is 1. The lowest BCUT2D eigenvalue weighted by Crippen LogP contribution is -2.11. The first-order chi connectivity index (χ1) is 5.75. The first-order valence-electron chi connectivity index (χ1n) is 3.64. The molecular weight excluding hydrogens is 172 g/mol. The fraction of sp³-hybridized carbons (Fsp3) is 0.222. The van der Waals surface area contributed by atoms with Crippen LogP contribution in [0.2, 0.25) is 5.02 Å². The molecule has 12 heavy (non-hydrogen) atoms. The highest BCUT2D eigenvalue weighted by Crippen LogP contribution is 2.21. The van der Waals surface area contributed by atoms with E-state index in [9.17, 15) is 0 Å². The molecule has 0 aliphatic heterocycles. The summed E-state index contributed by atoms with van der Waals surface area (Å²) >= 11 is 5.91. The third-order valence-electron chi connectivity index (χ3n) is 1.65. The molecule has 0 fully saturated rings. The quantitative estimate of drug-likeness (QED) is 0.561. The summed E-state index contributed by atoms with van der Waals surface area (Å²) in [5.74, 6) is 0. The van der Waals surface area contributed by atoms with E-state index in [4.69, 9.17) is 16.9 Å². The SMILES string of the molecule is CC(NC#N)c1ccccc1Cl. The molecule has 0 bridgehead atoms. The van der Waals surface area contributed by atoms with Crippen molar-refractivity contribution in [2.24, 2.45) is 0 Å². The molecule has 0 aromatic heterocycles. The van der Waals surface area contributed by atoms with Crippen molar-refractivity contribution >= 4 is 11.6 Å². The first-order valence-corrected chi connectivity index (χ1v) is 4.02. The van der Waals surface area contributed by atoms with Gasteiger partial charge in [0.2, 0.25) is 0 Å². The van der Waals surface area contributed by atoms with Crippen LogP contribution in [0.1, 0.15) is 18.5 Å². The van der Waals surface area contributed by atoms with Gasteiger partial charge in [0.25, 0.3) is 0 Å². The van der Waals surface area contributed by atoms with E-state index in [1.165, 1.54) is 0 Å². The van der Waals surface area contributed by atoms with E-state index in [0.717, 1.165) is 5.56 Å². The first kappa shape index (κ1) is 8.89. The second-order valence-electron chi connectivity index (χ2n) is 2.50. The van der Waals surface area contributed by atoms with E-state index in [0.29, 0.717) is 5.02 Å². The van der Waals surface area contributed by atoms with Gasteiger partial charge in [0, 0.05) is 5.02 Å². The number of rotatable bonds is 2.